The summed E-state index contributed by atoms with van der Waals surface area (Å²) in [4.78, 5) is 9.46. The number of aliphatic hydroxyl groups excluding tert-OH is 1. The third-order valence-corrected chi connectivity index (χ3v) is 11.6. The quantitative estimate of drug-likeness (QED) is 0.564. The Hall–Kier alpha value is -2.34. The van der Waals surface area contributed by atoms with Gasteiger partial charge in [0, 0.05) is 12.1 Å². The molecule has 1 aromatic heterocycles. The molecule has 0 atom stereocenters. The summed E-state index contributed by atoms with van der Waals surface area (Å²) in [5, 5.41) is 12.3. The van der Waals surface area contributed by atoms with Gasteiger partial charge in [-0.2, -0.15) is 0 Å². The SMILES string of the molecule is CC(C)(C)[Si](OCc1ccnc(C2CCC(O)CC2)n1)(c1ccccc1)c1ccccc1. The van der Waals surface area contributed by atoms with E-state index in [0.29, 0.717) is 12.5 Å². The van der Waals surface area contributed by atoms with Crippen LogP contribution in [0.15, 0.2) is 72.9 Å². The van der Waals surface area contributed by atoms with Gasteiger partial charge in [-0.25, -0.2) is 9.97 Å². The minimum atomic E-state index is -2.59. The molecule has 0 aliphatic heterocycles. The Morgan fingerprint density at radius 2 is 1.44 bits per heavy atom. The molecule has 0 bridgehead atoms. The Labute approximate surface area is 192 Å². The van der Waals surface area contributed by atoms with Crippen molar-refractivity contribution in [3.8, 4) is 0 Å². The van der Waals surface area contributed by atoms with Gasteiger partial charge in [0.25, 0.3) is 8.32 Å². The molecular weight excluding hydrogens is 412 g/mol. The van der Waals surface area contributed by atoms with Gasteiger partial charge in [0.15, 0.2) is 0 Å². The predicted octanol–water partition coefficient (Wildman–Crippen LogP) is 4.57. The molecule has 168 valence electrons. The molecule has 1 aliphatic carbocycles. The van der Waals surface area contributed by atoms with Crippen LogP contribution in [0.2, 0.25) is 5.04 Å². The van der Waals surface area contributed by atoms with Gasteiger partial charge in [-0.05, 0) is 47.2 Å². The normalized spacial score (nSPS) is 19.6. The molecule has 2 aromatic carbocycles. The molecule has 1 N–H and O–H groups in total. The first-order chi connectivity index (χ1) is 15.4. The number of hydrogen-bond acceptors (Lipinski definition) is 4. The van der Waals surface area contributed by atoms with Crippen molar-refractivity contribution in [1.29, 1.82) is 0 Å². The molecule has 0 radical (unpaired) electrons. The molecule has 0 spiro atoms. The summed E-state index contributed by atoms with van der Waals surface area (Å²) in [5.74, 6) is 1.21. The zero-order valence-electron chi connectivity index (χ0n) is 19.4. The van der Waals surface area contributed by atoms with E-state index in [1.54, 1.807) is 0 Å². The van der Waals surface area contributed by atoms with Gasteiger partial charge in [-0.3, -0.25) is 0 Å². The van der Waals surface area contributed by atoms with Crippen LogP contribution < -0.4 is 10.4 Å². The number of hydrogen-bond donors (Lipinski definition) is 1. The van der Waals surface area contributed by atoms with Crippen molar-refractivity contribution in [2.24, 2.45) is 0 Å². The summed E-state index contributed by atoms with van der Waals surface area (Å²) in [7, 11) is -2.59. The van der Waals surface area contributed by atoms with Crippen LogP contribution in [0.25, 0.3) is 0 Å². The van der Waals surface area contributed by atoms with Gasteiger partial charge in [-0.1, -0.05) is 81.4 Å². The highest BCUT2D eigenvalue weighted by molar-refractivity contribution is 6.99. The summed E-state index contributed by atoms with van der Waals surface area (Å²) in [5.41, 5.74) is 0.925. The van der Waals surface area contributed by atoms with Crippen LogP contribution in [0.1, 0.15) is 63.9 Å². The average molecular weight is 447 g/mol. The standard InChI is InChI=1S/C27H34N2O2Si/c1-27(2,3)32(24-10-6-4-7-11-24,25-12-8-5-9-13-25)31-20-22-18-19-28-26(29-22)21-14-16-23(30)17-15-21/h4-13,18-19,21,23,30H,14-17,20H2,1-3H3. The van der Waals surface area contributed by atoms with Crippen molar-refractivity contribution in [3.63, 3.8) is 0 Å². The van der Waals surface area contributed by atoms with Crippen molar-refractivity contribution in [3.05, 3.63) is 84.4 Å². The highest BCUT2D eigenvalue weighted by Gasteiger charge is 2.50. The third kappa shape index (κ3) is 4.70. The maximum Gasteiger partial charge on any atom is 0.261 e. The van der Waals surface area contributed by atoms with Crippen molar-refractivity contribution in [2.75, 3.05) is 0 Å². The maximum atomic E-state index is 9.84. The van der Waals surface area contributed by atoms with E-state index in [-0.39, 0.29) is 11.1 Å². The van der Waals surface area contributed by atoms with Crippen molar-refractivity contribution in [1.82, 2.24) is 9.97 Å². The molecular formula is C27H34N2O2Si. The summed E-state index contributed by atoms with van der Waals surface area (Å²) in [6, 6.07) is 23.4. The van der Waals surface area contributed by atoms with Crippen LogP contribution >= 0.6 is 0 Å². The van der Waals surface area contributed by atoms with E-state index in [1.807, 2.05) is 12.3 Å². The molecule has 0 amide bonds. The third-order valence-electron chi connectivity index (χ3n) is 6.65. The fourth-order valence-electron chi connectivity index (χ4n) is 4.97. The van der Waals surface area contributed by atoms with Gasteiger partial charge < -0.3 is 9.53 Å². The molecule has 4 rings (SSSR count). The highest BCUT2D eigenvalue weighted by Crippen LogP contribution is 2.37. The minimum Gasteiger partial charge on any atom is -0.401 e. The van der Waals surface area contributed by atoms with E-state index in [4.69, 9.17) is 9.41 Å². The molecule has 4 nitrogen and oxygen atoms in total. The lowest BCUT2D eigenvalue weighted by Crippen LogP contribution is -2.66. The zero-order chi connectivity index (χ0) is 22.6. The van der Waals surface area contributed by atoms with E-state index in [2.05, 4.69) is 86.4 Å². The van der Waals surface area contributed by atoms with Gasteiger partial charge in [0.1, 0.15) is 5.82 Å². The Bertz CT molecular complexity index is 957. The zero-order valence-corrected chi connectivity index (χ0v) is 20.4. The number of benzene rings is 2. The van der Waals surface area contributed by atoms with Crippen LogP contribution in [0, 0.1) is 0 Å². The summed E-state index contributed by atoms with van der Waals surface area (Å²) in [6.07, 6.45) is 5.23. The number of aliphatic hydroxyl groups is 1. The molecule has 1 aliphatic rings. The van der Waals surface area contributed by atoms with E-state index < -0.39 is 8.32 Å². The van der Waals surface area contributed by atoms with Crippen LogP contribution in [0.5, 0.6) is 0 Å². The van der Waals surface area contributed by atoms with Gasteiger partial charge in [-0.15, -0.1) is 0 Å². The van der Waals surface area contributed by atoms with Gasteiger partial charge in [0.05, 0.1) is 18.4 Å². The van der Waals surface area contributed by atoms with Gasteiger partial charge in [0.2, 0.25) is 0 Å². The highest BCUT2D eigenvalue weighted by atomic mass is 28.4. The topological polar surface area (TPSA) is 55.2 Å². The Morgan fingerprint density at radius 1 is 0.875 bits per heavy atom. The smallest absolute Gasteiger partial charge is 0.261 e. The van der Waals surface area contributed by atoms with Crippen LogP contribution in [-0.4, -0.2) is 29.5 Å². The molecule has 0 saturated heterocycles. The second kappa shape index (κ2) is 9.65. The molecule has 1 saturated carbocycles. The largest absolute Gasteiger partial charge is 0.401 e. The molecule has 1 heterocycles. The first-order valence-electron chi connectivity index (χ1n) is 11.6. The summed E-state index contributed by atoms with van der Waals surface area (Å²) in [6.45, 7) is 7.33. The first-order valence-corrected chi connectivity index (χ1v) is 13.6. The number of nitrogens with zero attached hydrogens (tertiary/aromatic N) is 2. The summed E-state index contributed by atoms with van der Waals surface area (Å²) >= 11 is 0. The van der Waals surface area contributed by atoms with E-state index in [9.17, 15) is 5.11 Å². The average Bonchev–Trinajstić information content (AvgIpc) is 2.81. The Kier molecular flexibility index (Phi) is 6.89. The summed E-state index contributed by atoms with van der Waals surface area (Å²) < 4.78 is 7.02. The molecule has 1 fully saturated rings. The Morgan fingerprint density at radius 3 is 1.97 bits per heavy atom. The monoisotopic (exact) mass is 446 g/mol. The minimum absolute atomic E-state index is 0.0644. The van der Waals surface area contributed by atoms with Gasteiger partial charge >= 0.3 is 0 Å². The van der Waals surface area contributed by atoms with Crippen molar-refractivity contribution < 1.29 is 9.53 Å². The second-order valence-corrected chi connectivity index (χ2v) is 14.2. The maximum absolute atomic E-state index is 9.84. The fourth-order valence-corrected chi connectivity index (χ4v) is 9.49. The van der Waals surface area contributed by atoms with E-state index >= 15 is 0 Å². The Balaban J connectivity index is 1.67. The van der Waals surface area contributed by atoms with E-state index in [1.165, 1.54) is 10.4 Å². The predicted molar refractivity (Wildman–Crippen MR) is 132 cm³/mol. The molecule has 5 heteroatoms. The second-order valence-electron chi connectivity index (χ2n) is 9.86. The fraction of sp³-hybridized carbons (Fsp3) is 0.407. The van der Waals surface area contributed by atoms with Crippen LogP contribution in [0.4, 0.5) is 0 Å². The number of rotatable bonds is 6. The number of aromatic nitrogens is 2. The van der Waals surface area contributed by atoms with Crippen molar-refractivity contribution >= 4 is 18.7 Å². The van der Waals surface area contributed by atoms with Crippen LogP contribution in [-0.2, 0) is 11.0 Å². The van der Waals surface area contributed by atoms with Crippen LogP contribution in [0.3, 0.4) is 0 Å². The first kappa shape index (κ1) is 22.8. The van der Waals surface area contributed by atoms with Crippen molar-refractivity contribution in [2.45, 2.75) is 70.1 Å². The lowest BCUT2D eigenvalue weighted by molar-refractivity contribution is 0.121. The molecule has 32 heavy (non-hydrogen) atoms. The lowest BCUT2D eigenvalue weighted by Gasteiger charge is -2.43. The lowest BCUT2D eigenvalue weighted by atomic mass is 9.87. The van der Waals surface area contributed by atoms with E-state index in [0.717, 1.165) is 37.2 Å². The molecule has 3 aromatic rings. The molecule has 0 unspecified atom stereocenters.